The summed E-state index contributed by atoms with van der Waals surface area (Å²) in [6.07, 6.45) is 8.68. The first kappa shape index (κ1) is 22.9. The number of amides is 1. The summed E-state index contributed by atoms with van der Waals surface area (Å²) in [6.45, 7) is 8.22. The second kappa shape index (κ2) is 9.27. The zero-order chi connectivity index (χ0) is 22.9. The lowest BCUT2D eigenvalue weighted by Crippen LogP contribution is -2.55. The van der Waals surface area contributed by atoms with Gasteiger partial charge in [-0.1, -0.05) is 12.8 Å². The van der Waals surface area contributed by atoms with Gasteiger partial charge in [0.2, 0.25) is 0 Å². The van der Waals surface area contributed by atoms with E-state index in [2.05, 4.69) is 20.8 Å². The van der Waals surface area contributed by atoms with Gasteiger partial charge in [0.25, 0.3) is 0 Å². The van der Waals surface area contributed by atoms with Crippen molar-refractivity contribution in [3.05, 3.63) is 11.6 Å². The smallest absolute Gasteiger partial charge is 0.410 e. The van der Waals surface area contributed by atoms with Crippen molar-refractivity contribution >= 4 is 12.1 Å². The number of guanidine groups is 1. The molecule has 2 N–H and O–H groups in total. The van der Waals surface area contributed by atoms with Gasteiger partial charge in [-0.3, -0.25) is 0 Å². The second-order valence-electron chi connectivity index (χ2n) is 10.6. The highest BCUT2D eigenvalue weighted by molar-refractivity contribution is 5.80. The third-order valence-electron chi connectivity index (χ3n) is 6.94. The van der Waals surface area contributed by atoms with Crippen molar-refractivity contribution in [3.63, 3.8) is 0 Å². The van der Waals surface area contributed by atoms with Gasteiger partial charge in [-0.25, -0.2) is 9.79 Å². The Morgan fingerprint density at radius 1 is 1.06 bits per heavy atom. The molecule has 4 rings (SSSR count). The summed E-state index contributed by atoms with van der Waals surface area (Å²) >= 11 is 0. The predicted molar refractivity (Wildman–Crippen MR) is 123 cm³/mol. The highest BCUT2D eigenvalue weighted by Gasteiger charge is 2.45. The fraction of sp³-hybridized carbons (Fsp3) is 0.826. The molecule has 9 heteroatoms. The number of carbonyl (C=O) groups is 1. The summed E-state index contributed by atoms with van der Waals surface area (Å²) in [4.78, 5) is 19.6. The minimum absolute atomic E-state index is 0.168. The number of aromatic nitrogens is 3. The molecule has 0 spiro atoms. The van der Waals surface area contributed by atoms with Crippen molar-refractivity contribution in [2.75, 3.05) is 0 Å². The number of fused-ring (bicyclic) bond motifs is 2. The Morgan fingerprint density at radius 2 is 1.69 bits per heavy atom. The van der Waals surface area contributed by atoms with Crippen molar-refractivity contribution in [1.29, 1.82) is 0 Å². The van der Waals surface area contributed by atoms with Crippen molar-refractivity contribution in [3.8, 4) is 0 Å². The lowest BCUT2D eigenvalue weighted by Gasteiger charge is -2.40. The van der Waals surface area contributed by atoms with Gasteiger partial charge in [-0.2, -0.15) is 0 Å². The maximum atomic E-state index is 12.8. The number of rotatable bonds is 4. The molecule has 0 aromatic carbocycles. The second-order valence-corrected chi connectivity index (χ2v) is 10.6. The first-order valence-corrected chi connectivity index (χ1v) is 12.1. The molecule has 3 fully saturated rings. The quantitative estimate of drug-likeness (QED) is 0.546. The van der Waals surface area contributed by atoms with Gasteiger partial charge in [-0.15, -0.1) is 10.2 Å². The fourth-order valence-corrected chi connectivity index (χ4v) is 5.24. The molecule has 2 aliphatic heterocycles. The number of aliphatic imine (C=N–C) groups is 1. The number of carbonyl (C=O) groups excluding carboxylic acids is 1. The van der Waals surface area contributed by atoms with Gasteiger partial charge in [-0.05, 0) is 66.2 Å². The topological polar surface area (TPSA) is 96.7 Å². The highest BCUT2D eigenvalue weighted by atomic mass is 16.6. The summed E-state index contributed by atoms with van der Waals surface area (Å²) in [7, 11) is 1.97. The third-order valence-corrected chi connectivity index (χ3v) is 6.94. The normalized spacial score (nSPS) is 26.5. The van der Waals surface area contributed by atoms with Crippen LogP contribution in [0, 0.1) is 6.92 Å². The summed E-state index contributed by atoms with van der Waals surface area (Å²) < 4.78 is 7.66. The molecular weight excluding hydrogens is 406 g/mol. The van der Waals surface area contributed by atoms with Crippen LogP contribution in [0.3, 0.4) is 0 Å². The van der Waals surface area contributed by atoms with E-state index in [1.54, 1.807) is 0 Å². The number of ether oxygens (including phenoxy) is 1. The molecule has 3 heterocycles. The molecule has 2 bridgehead atoms. The number of nitrogens with zero attached hydrogens (tertiary/aromatic N) is 5. The van der Waals surface area contributed by atoms with E-state index in [0.29, 0.717) is 18.6 Å². The molecular formula is C23H39N7O2. The maximum Gasteiger partial charge on any atom is 0.410 e. The molecule has 0 radical (unpaired) electrons. The number of piperidine rings is 1. The van der Waals surface area contributed by atoms with Crippen molar-refractivity contribution in [2.24, 2.45) is 12.0 Å². The minimum atomic E-state index is -0.463. The Balaban J connectivity index is 1.41. The summed E-state index contributed by atoms with van der Waals surface area (Å²) in [5.74, 6) is 2.60. The third kappa shape index (κ3) is 5.35. The van der Waals surface area contributed by atoms with Crippen LogP contribution in [-0.4, -0.2) is 61.5 Å². The van der Waals surface area contributed by atoms with Gasteiger partial charge in [0.05, 0.1) is 0 Å². The van der Waals surface area contributed by atoms with Crippen LogP contribution in [0.4, 0.5) is 4.79 Å². The zero-order valence-corrected chi connectivity index (χ0v) is 20.2. The first-order valence-electron chi connectivity index (χ1n) is 12.1. The van der Waals surface area contributed by atoms with Crippen LogP contribution in [-0.2, 0) is 18.3 Å². The standard InChI is InChI=1S/C23H39N7O2/c1-15-27-28-20(29(15)5)14-24-21(25-16-8-6-7-9-16)26-17-12-18-10-11-19(13-17)30(18)22(31)32-23(2,3)4/h16-19H,6-14H2,1-5H3,(H2,24,25,26). The van der Waals surface area contributed by atoms with E-state index in [0.717, 1.165) is 43.3 Å². The molecule has 9 nitrogen and oxygen atoms in total. The molecule has 1 amide bonds. The number of hydrogen-bond acceptors (Lipinski definition) is 5. The molecule has 2 unspecified atom stereocenters. The maximum absolute atomic E-state index is 12.8. The zero-order valence-electron chi connectivity index (χ0n) is 20.2. The van der Waals surface area contributed by atoms with E-state index in [9.17, 15) is 4.79 Å². The monoisotopic (exact) mass is 445 g/mol. The lowest BCUT2D eigenvalue weighted by molar-refractivity contribution is 0.00544. The van der Waals surface area contributed by atoms with E-state index < -0.39 is 5.60 Å². The molecule has 1 aliphatic carbocycles. The van der Waals surface area contributed by atoms with Crippen molar-refractivity contribution < 1.29 is 9.53 Å². The molecule has 1 aromatic heterocycles. The summed E-state index contributed by atoms with van der Waals surface area (Å²) in [6, 6.07) is 1.23. The average molecular weight is 446 g/mol. The molecule has 2 saturated heterocycles. The van der Waals surface area contributed by atoms with E-state index in [-0.39, 0.29) is 18.2 Å². The van der Waals surface area contributed by atoms with Gasteiger partial charge in [0.15, 0.2) is 11.8 Å². The van der Waals surface area contributed by atoms with E-state index in [1.807, 2.05) is 44.2 Å². The van der Waals surface area contributed by atoms with E-state index >= 15 is 0 Å². The molecule has 1 saturated carbocycles. The lowest BCUT2D eigenvalue weighted by atomic mass is 9.98. The SMILES string of the molecule is Cc1nnc(CN=C(NC2CCCC2)NC2CC3CCC(C2)N3C(=O)OC(C)(C)C)n1C. The molecule has 1 aromatic rings. The van der Waals surface area contributed by atoms with Crippen LogP contribution in [0.25, 0.3) is 0 Å². The van der Waals surface area contributed by atoms with Crippen LogP contribution in [0.5, 0.6) is 0 Å². The minimum Gasteiger partial charge on any atom is -0.444 e. The van der Waals surface area contributed by atoms with E-state index in [1.165, 1.54) is 25.7 Å². The Bertz CT molecular complexity index is 824. The highest BCUT2D eigenvalue weighted by Crippen LogP contribution is 2.36. The molecule has 32 heavy (non-hydrogen) atoms. The van der Waals surface area contributed by atoms with Crippen LogP contribution in [0.1, 0.15) is 83.8 Å². The van der Waals surface area contributed by atoms with Gasteiger partial charge < -0.3 is 24.8 Å². The van der Waals surface area contributed by atoms with Crippen LogP contribution < -0.4 is 10.6 Å². The van der Waals surface area contributed by atoms with Gasteiger partial charge in [0.1, 0.15) is 18.0 Å². The predicted octanol–water partition coefficient (Wildman–Crippen LogP) is 3.03. The fourth-order valence-electron chi connectivity index (χ4n) is 5.24. The van der Waals surface area contributed by atoms with Gasteiger partial charge >= 0.3 is 6.09 Å². The summed E-state index contributed by atoms with van der Waals surface area (Å²) in [5, 5.41) is 15.7. The molecule has 3 aliphatic rings. The Labute approximate surface area is 191 Å². The van der Waals surface area contributed by atoms with Crippen LogP contribution >= 0.6 is 0 Å². The molecule has 2 atom stereocenters. The van der Waals surface area contributed by atoms with Crippen molar-refractivity contribution in [1.82, 2.24) is 30.3 Å². The van der Waals surface area contributed by atoms with Crippen LogP contribution in [0.15, 0.2) is 4.99 Å². The first-order chi connectivity index (χ1) is 15.2. The Hall–Kier alpha value is -2.32. The van der Waals surface area contributed by atoms with E-state index in [4.69, 9.17) is 9.73 Å². The van der Waals surface area contributed by atoms with Gasteiger partial charge in [0, 0.05) is 31.2 Å². The van der Waals surface area contributed by atoms with Crippen LogP contribution in [0.2, 0.25) is 0 Å². The van der Waals surface area contributed by atoms with Crippen molar-refractivity contribution in [2.45, 2.75) is 115 Å². The summed E-state index contributed by atoms with van der Waals surface area (Å²) in [5.41, 5.74) is -0.463. The Morgan fingerprint density at radius 3 is 2.25 bits per heavy atom. The average Bonchev–Trinajstić information content (AvgIpc) is 3.39. The Kier molecular flexibility index (Phi) is 6.62. The number of nitrogens with one attached hydrogen (secondary N) is 2. The number of aryl methyl sites for hydroxylation is 1. The molecule has 178 valence electrons. The largest absolute Gasteiger partial charge is 0.444 e. The number of hydrogen-bond donors (Lipinski definition) is 2.